The molecule has 0 saturated carbocycles. The number of carbonyl (C=O) groups excluding carboxylic acids is 2. The first-order valence-electron chi connectivity index (χ1n) is 12.5. The van der Waals surface area contributed by atoms with Crippen LogP contribution in [0.3, 0.4) is 0 Å². The van der Waals surface area contributed by atoms with Crippen LogP contribution in [0.15, 0.2) is 65.7 Å². The molecule has 1 N–H and O–H groups in total. The molecule has 1 fully saturated rings. The highest BCUT2D eigenvalue weighted by Crippen LogP contribution is 2.28. The average Bonchev–Trinajstić information content (AvgIpc) is 2.97. The molecule has 39 heavy (non-hydrogen) atoms. The zero-order chi connectivity index (χ0) is 28.0. The van der Waals surface area contributed by atoms with E-state index < -0.39 is 10.0 Å². The fourth-order valence-electron chi connectivity index (χ4n) is 4.43. The number of ketones is 1. The van der Waals surface area contributed by atoms with Crippen molar-refractivity contribution in [2.24, 2.45) is 0 Å². The van der Waals surface area contributed by atoms with Crippen LogP contribution in [0.1, 0.15) is 33.2 Å². The van der Waals surface area contributed by atoms with Gasteiger partial charge in [-0.15, -0.1) is 0 Å². The van der Waals surface area contributed by atoms with Gasteiger partial charge in [-0.3, -0.25) is 9.59 Å². The minimum absolute atomic E-state index is 0.122. The predicted octanol–water partition coefficient (Wildman–Crippen LogP) is 2.78. The van der Waals surface area contributed by atoms with E-state index in [-0.39, 0.29) is 29.7 Å². The smallest absolute Gasteiger partial charge is 0.255 e. The fourth-order valence-corrected chi connectivity index (χ4v) is 5.85. The van der Waals surface area contributed by atoms with Crippen molar-refractivity contribution in [3.05, 3.63) is 77.5 Å². The topological polar surface area (TPSA) is 118 Å². The van der Waals surface area contributed by atoms with Crippen LogP contribution in [0.5, 0.6) is 11.5 Å². The first-order chi connectivity index (χ1) is 18.7. The van der Waals surface area contributed by atoms with Gasteiger partial charge < -0.3 is 19.7 Å². The van der Waals surface area contributed by atoms with Gasteiger partial charge >= 0.3 is 0 Å². The molecular weight excluding hydrogens is 520 g/mol. The van der Waals surface area contributed by atoms with E-state index in [4.69, 9.17) is 9.47 Å². The predicted molar refractivity (Wildman–Crippen MR) is 147 cm³/mol. The average molecular weight is 553 g/mol. The van der Waals surface area contributed by atoms with E-state index in [9.17, 15) is 18.0 Å². The van der Waals surface area contributed by atoms with Crippen molar-refractivity contribution in [2.75, 3.05) is 51.8 Å². The molecule has 1 saturated heterocycles. The number of carbonyl (C=O) groups is 2. The molecule has 2 aromatic carbocycles. The highest BCUT2D eigenvalue weighted by molar-refractivity contribution is 7.89. The highest BCUT2D eigenvalue weighted by atomic mass is 32.2. The zero-order valence-corrected chi connectivity index (χ0v) is 23.0. The third kappa shape index (κ3) is 6.37. The number of benzene rings is 2. The Morgan fingerprint density at radius 1 is 0.949 bits per heavy atom. The Hall–Kier alpha value is -3.96. The third-order valence-corrected chi connectivity index (χ3v) is 8.53. The quantitative estimate of drug-likeness (QED) is 0.382. The summed E-state index contributed by atoms with van der Waals surface area (Å²) < 4.78 is 38.3. The van der Waals surface area contributed by atoms with Crippen molar-refractivity contribution in [3.63, 3.8) is 0 Å². The van der Waals surface area contributed by atoms with Crippen molar-refractivity contribution in [2.45, 2.75) is 18.2 Å². The van der Waals surface area contributed by atoms with E-state index in [1.165, 1.54) is 35.5 Å². The number of nitrogens with one attached hydrogen (secondary N) is 1. The van der Waals surface area contributed by atoms with E-state index >= 15 is 0 Å². The lowest BCUT2D eigenvalue weighted by Crippen LogP contribution is -2.49. The summed E-state index contributed by atoms with van der Waals surface area (Å²) in [6.45, 7) is 3.10. The van der Waals surface area contributed by atoms with Crippen LogP contribution < -0.4 is 19.7 Å². The van der Waals surface area contributed by atoms with Gasteiger partial charge in [0.1, 0.15) is 5.82 Å². The maximum atomic E-state index is 13.1. The number of nitrogens with zero attached hydrogens (tertiary/aromatic N) is 3. The van der Waals surface area contributed by atoms with Gasteiger partial charge in [-0.1, -0.05) is 18.2 Å². The first kappa shape index (κ1) is 28.1. The minimum atomic E-state index is -3.71. The Morgan fingerprint density at radius 3 is 2.28 bits per heavy atom. The maximum Gasteiger partial charge on any atom is 0.255 e. The molecule has 1 aromatic heterocycles. The number of hydrogen-bond donors (Lipinski definition) is 1. The van der Waals surface area contributed by atoms with Crippen LogP contribution in [0.4, 0.5) is 5.82 Å². The number of pyridine rings is 1. The van der Waals surface area contributed by atoms with Crippen molar-refractivity contribution in [1.82, 2.24) is 14.6 Å². The summed E-state index contributed by atoms with van der Waals surface area (Å²) >= 11 is 0. The SMILES string of the molecule is COc1ccc(CCNC(=O)c2cccnc2N2CCN(S(=O)(=O)c3ccc(C(C)=O)cc3)CC2)cc1OC. The Bertz CT molecular complexity index is 1430. The fraction of sp³-hybridized carbons (Fsp3) is 0.321. The van der Waals surface area contributed by atoms with Crippen LogP contribution >= 0.6 is 0 Å². The van der Waals surface area contributed by atoms with Crippen molar-refractivity contribution < 1.29 is 27.5 Å². The summed E-state index contributed by atoms with van der Waals surface area (Å²) in [5.41, 5.74) is 1.89. The molecule has 0 bridgehead atoms. The first-order valence-corrected chi connectivity index (χ1v) is 14.0. The highest BCUT2D eigenvalue weighted by Gasteiger charge is 2.30. The molecule has 3 aromatic rings. The number of methoxy groups -OCH3 is 2. The summed E-state index contributed by atoms with van der Waals surface area (Å²) in [5.74, 6) is 1.42. The number of Topliss-reactive ketones (excluding diaryl/α,β-unsaturated/α-hetero) is 1. The second kappa shape index (κ2) is 12.3. The van der Waals surface area contributed by atoms with E-state index in [1.54, 1.807) is 32.5 Å². The van der Waals surface area contributed by atoms with Gasteiger partial charge in [-0.25, -0.2) is 13.4 Å². The molecule has 0 aliphatic carbocycles. The molecule has 10 nitrogen and oxygen atoms in total. The van der Waals surface area contributed by atoms with Gasteiger partial charge in [0.25, 0.3) is 5.91 Å². The molecule has 0 radical (unpaired) electrons. The number of piperazine rings is 1. The molecule has 11 heteroatoms. The Morgan fingerprint density at radius 2 is 1.64 bits per heavy atom. The summed E-state index contributed by atoms with van der Waals surface area (Å²) in [6, 6.07) is 15.0. The number of sulfonamides is 1. The van der Waals surface area contributed by atoms with E-state index in [0.717, 1.165) is 5.56 Å². The standard InChI is InChI=1S/C28H32N4O6S/c1-20(33)22-7-9-23(10-8-22)39(35,36)32-17-15-31(16-18-32)27-24(5-4-13-29-27)28(34)30-14-12-21-6-11-25(37-2)26(19-21)38-3/h4-11,13,19H,12,14-18H2,1-3H3,(H,30,34). The molecule has 206 valence electrons. The van der Waals surface area contributed by atoms with Crippen molar-refractivity contribution in [3.8, 4) is 11.5 Å². The normalized spacial score (nSPS) is 14.1. The van der Waals surface area contributed by atoms with Gasteiger partial charge in [0.05, 0.1) is 24.7 Å². The van der Waals surface area contributed by atoms with Crippen molar-refractivity contribution >= 4 is 27.5 Å². The Kier molecular flexibility index (Phi) is 8.82. The maximum absolute atomic E-state index is 13.1. The van der Waals surface area contributed by atoms with Gasteiger partial charge in [0.15, 0.2) is 17.3 Å². The van der Waals surface area contributed by atoms with Crippen LogP contribution in [0.25, 0.3) is 0 Å². The van der Waals surface area contributed by atoms with E-state index in [0.29, 0.717) is 54.5 Å². The zero-order valence-electron chi connectivity index (χ0n) is 22.2. The van der Waals surface area contributed by atoms with Crippen molar-refractivity contribution in [1.29, 1.82) is 0 Å². The minimum Gasteiger partial charge on any atom is -0.493 e. The summed E-state index contributed by atoms with van der Waals surface area (Å²) in [5, 5.41) is 2.95. The second-order valence-corrected chi connectivity index (χ2v) is 11.0. The van der Waals surface area contributed by atoms with Crippen LogP contribution in [-0.2, 0) is 16.4 Å². The number of ether oxygens (including phenoxy) is 2. The molecule has 0 unspecified atom stereocenters. The van der Waals surface area contributed by atoms with E-state index in [2.05, 4.69) is 10.3 Å². The molecule has 0 spiro atoms. The number of rotatable bonds is 10. The van der Waals surface area contributed by atoms with Gasteiger partial charge in [0.2, 0.25) is 10.0 Å². The summed E-state index contributed by atoms with van der Waals surface area (Å²) in [4.78, 5) is 31.1. The Balaban J connectivity index is 1.38. The van der Waals surface area contributed by atoms with Gasteiger partial charge in [-0.05, 0) is 55.3 Å². The lowest BCUT2D eigenvalue weighted by Gasteiger charge is -2.35. The lowest BCUT2D eigenvalue weighted by molar-refractivity contribution is 0.0953. The van der Waals surface area contributed by atoms with Gasteiger partial charge in [0, 0.05) is 44.5 Å². The second-order valence-electron chi connectivity index (χ2n) is 9.04. The number of amides is 1. The van der Waals surface area contributed by atoms with Crippen LogP contribution in [-0.4, -0.2) is 76.3 Å². The monoisotopic (exact) mass is 552 g/mol. The number of aromatic nitrogens is 1. The Labute approximate surface area is 228 Å². The largest absolute Gasteiger partial charge is 0.493 e. The van der Waals surface area contributed by atoms with Crippen LogP contribution in [0, 0.1) is 0 Å². The van der Waals surface area contributed by atoms with Crippen LogP contribution in [0.2, 0.25) is 0 Å². The number of hydrogen-bond acceptors (Lipinski definition) is 8. The molecule has 0 atom stereocenters. The number of anilines is 1. The molecule has 2 heterocycles. The molecule has 1 aliphatic heterocycles. The molecule has 4 rings (SSSR count). The van der Waals surface area contributed by atoms with Gasteiger partial charge in [-0.2, -0.15) is 4.31 Å². The summed E-state index contributed by atoms with van der Waals surface area (Å²) in [6.07, 6.45) is 2.22. The molecular formula is C28H32N4O6S. The van der Waals surface area contributed by atoms with E-state index in [1.807, 2.05) is 23.1 Å². The molecule has 1 amide bonds. The lowest BCUT2D eigenvalue weighted by atomic mass is 10.1. The summed E-state index contributed by atoms with van der Waals surface area (Å²) in [7, 11) is -0.546. The third-order valence-electron chi connectivity index (χ3n) is 6.62. The molecule has 1 aliphatic rings.